The van der Waals surface area contributed by atoms with Crippen molar-refractivity contribution in [3.63, 3.8) is 0 Å². The number of rotatable bonds is 13. The largest absolute Gasteiger partial charge is 0.354 e. The Morgan fingerprint density at radius 3 is 2.18 bits per heavy atom. The maximum atomic E-state index is 14.0. The van der Waals surface area contributed by atoms with Gasteiger partial charge in [-0.1, -0.05) is 86.0 Å². The molecule has 8 heteroatoms. The van der Waals surface area contributed by atoms with E-state index in [-0.39, 0.29) is 17.3 Å². The highest BCUT2D eigenvalue weighted by Gasteiger charge is 2.33. The second-order valence-electron chi connectivity index (χ2n) is 9.74. The van der Waals surface area contributed by atoms with Gasteiger partial charge >= 0.3 is 0 Å². The molecule has 0 bridgehead atoms. The smallest absolute Gasteiger partial charge is 0.264 e. The highest BCUT2D eigenvalue weighted by molar-refractivity contribution is 7.92. The number of carbonyl (C=O) groups excluding carboxylic acids is 2. The average molecular weight is 550 g/mol. The predicted octanol–water partition coefficient (Wildman–Crippen LogP) is 5.22. The van der Waals surface area contributed by atoms with Crippen LogP contribution >= 0.6 is 0 Å². The van der Waals surface area contributed by atoms with E-state index >= 15 is 0 Å². The van der Waals surface area contributed by atoms with Gasteiger partial charge in [0.15, 0.2) is 0 Å². The van der Waals surface area contributed by atoms with Crippen molar-refractivity contribution in [1.82, 2.24) is 10.2 Å². The number of benzene rings is 3. The minimum atomic E-state index is -4.06. The van der Waals surface area contributed by atoms with E-state index in [1.165, 1.54) is 4.90 Å². The topological polar surface area (TPSA) is 86.8 Å². The summed E-state index contributed by atoms with van der Waals surface area (Å²) in [5.41, 5.74) is 3.21. The van der Waals surface area contributed by atoms with Gasteiger partial charge in [-0.15, -0.1) is 0 Å². The predicted molar refractivity (Wildman–Crippen MR) is 156 cm³/mol. The lowest BCUT2D eigenvalue weighted by atomic mass is 10.1. The molecule has 0 fully saturated rings. The molecule has 3 aromatic rings. The molecule has 0 unspecified atom stereocenters. The Morgan fingerprint density at radius 1 is 0.872 bits per heavy atom. The van der Waals surface area contributed by atoms with Gasteiger partial charge in [0.2, 0.25) is 11.8 Å². The van der Waals surface area contributed by atoms with Crippen LogP contribution in [-0.4, -0.2) is 44.3 Å². The van der Waals surface area contributed by atoms with Crippen LogP contribution in [0.15, 0.2) is 83.8 Å². The molecule has 0 spiro atoms. The van der Waals surface area contributed by atoms with E-state index in [0.29, 0.717) is 18.7 Å². The summed E-state index contributed by atoms with van der Waals surface area (Å²) in [5, 5.41) is 2.95. The molecule has 2 amide bonds. The molecule has 0 aliphatic heterocycles. The summed E-state index contributed by atoms with van der Waals surface area (Å²) in [7, 11) is -4.06. The lowest BCUT2D eigenvalue weighted by Gasteiger charge is -2.33. The van der Waals surface area contributed by atoms with Crippen molar-refractivity contribution in [3.8, 4) is 0 Å². The molecule has 0 saturated heterocycles. The number of hydrogen-bond donors (Lipinski definition) is 1. The number of amides is 2. The fourth-order valence-electron chi connectivity index (χ4n) is 4.39. The first-order valence-electron chi connectivity index (χ1n) is 13.4. The van der Waals surface area contributed by atoms with Crippen LogP contribution in [0.25, 0.3) is 0 Å². The van der Waals surface area contributed by atoms with Gasteiger partial charge in [0, 0.05) is 13.1 Å². The van der Waals surface area contributed by atoms with Crippen molar-refractivity contribution in [2.45, 2.75) is 64.4 Å². The average Bonchev–Trinajstić information content (AvgIpc) is 2.92. The maximum absolute atomic E-state index is 14.0. The Hall–Kier alpha value is -3.65. The Morgan fingerprint density at radius 2 is 1.56 bits per heavy atom. The van der Waals surface area contributed by atoms with Crippen molar-refractivity contribution in [2.24, 2.45) is 0 Å². The minimum absolute atomic E-state index is 0.0966. The van der Waals surface area contributed by atoms with Gasteiger partial charge in [0.1, 0.15) is 12.6 Å². The van der Waals surface area contributed by atoms with Gasteiger partial charge in [0.05, 0.1) is 10.6 Å². The molecule has 0 aliphatic rings. The molecular weight excluding hydrogens is 510 g/mol. The third-order valence-electron chi connectivity index (χ3n) is 6.58. The second kappa shape index (κ2) is 13.9. The second-order valence-corrected chi connectivity index (χ2v) is 11.6. The van der Waals surface area contributed by atoms with Gasteiger partial charge in [-0.25, -0.2) is 8.42 Å². The lowest BCUT2D eigenvalue weighted by molar-refractivity contribution is -0.140. The molecular formula is C31H39N3O4S. The normalized spacial score (nSPS) is 12.0. The highest BCUT2D eigenvalue weighted by atomic mass is 32.2. The van der Waals surface area contributed by atoms with Gasteiger partial charge in [-0.2, -0.15) is 0 Å². The van der Waals surface area contributed by atoms with Gasteiger partial charge < -0.3 is 10.2 Å². The van der Waals surface area contributed by atoms with Crippen LogP contribution in [-0.2, 0) is 26.2 Å². The molecule has 1 N–H and O–H groups in total. The first kappa shape index (κ1) is 29.9. The van der Waals surface area contributed by atoms with E-state index in [9.17, 15) is 18.0 Å². The first-order chi connectivity index (χ1) is 18.7. The summed E-state index contributed by atoms with van der Waals surface area (Å²) in [4.78, 5) is 28.9. The number of nitrogens with one attached hydrogen (secondary N) is 1. The van der Waals surface area contributed by atoms with E-state index in [2.05, 4.69) is 5.32 Å². The first-order valence-corrected chi connectivity index (χ1v) is 14.9. The van der Waals surface area contributed by atoms with Crippen molar-refractivity contribution >= 4 is 27.5 Å². The summed E-state index contributed by atoms with van der Waals surface area (Å²) in [5.74, 6) is -0.687. The Bertz CT molecular complexity index is 1340. The number of hydrogen-bond acceptors (Lipinski definition) is 4. The number of aryl methyl sites for hydroxylation is 2. The Balaban J connectivity index is 2.01. The highest BCUT2D eigenvalue weighted by Crippen LogP contribution is 2.25. The van der Waals surface area contributed by atoms with Crippen molar-refractivity contribution in [2.75, 3.05) is 17.4 Å². The number of sulfonamides is 1. The minimum Gasteiger partial charge on any atom is -0.354 e. The quantitative estimate of drug-likeness (QED) is 0.296. The summed E-state index contributed by atoms with van der Waals surface area (Å²) < 4.78 is 28.8. The van der Waals surface area contributed by atoms with Crippen LogP contribution in [0.1, 0.15) is 49.8 Å². The van der Waals surface area contributed by atoms with E-state index in [1.54, 1.807) is 54.6 Å². The molecule has 3 rings (SSSR count). The summed E-state index contributed by atoms with van der Waals surface area (Å²) in [6.07, 6.45) is 2.17. The zero-order valence-electron chi connectivity index (χ0n) is 23.3. The fraction of sp³-hybridized carbons (Fsp3) is 0.355. The van der Waals surface area contributed by atoms with Crippen molar-refractivity contribution in [1.29, 1.82) is 0 Å². The summed E-state index contributed by atoms with van der Waals surface area (Å²) >= 11 is 0. The number of para-hydroxylation sites is 1. The molecule has 0 heterocycles. The van der Waals surface area contributed by atoms with E-state index in [4.69, 9.17) is 0 Å². The van der Waals surface area contributed by atoms with Crippen LogP contribution in [0.4, 0.5) is 5.69 Å². The number of carbonyl (C=O) groups is 2. The molecule has 39 heavy (non-hydrogen) atoms. The standard InChI is InChI=1S/C31H39N3O4S/c1-5-7-20-32-31(36)29(6-2)33(22-26-13-11-12-25(4)21-26)30(35)23-34(27-14-9-8-10-15-27)39(37,38)28-18-16-24(3)17-19-28/h8-19,21,29H,5-7,20,22-23H2,1-4H3,(H,32,36)/t29-/m1/s1. The van der Waals surface area contributed by atoms with Crippen LogP contribution in [0.2, 0.25) is 0 Å². The molecule has 7 nitrogen and oxygen atoms in total. The van der Waals surface area contributed by atoms with Crippen LogP contribution in [0.3, 0.4) is 0 Å². The monoisotopic (exact) mass is 549 g/mol. The summed E-state index contributed by atoms with van der Waals surface area (Å²) in [6.45, 7) is 8.03. The van der Waals surface area contributed by atoms with Crippen LogP contribution in [0, 0.1) is 13.8 Å². The van der Waals surface area contributed by atoms with Crippen molar-refractivity contribution < 1.29 is 18.0 Å². The Labute approximate surface area is 232 Å². The van der Waals surface area contributed by atoms with Crippen LogP contribution < -0.4 is 9.62 Å². The molecule has 0 radical (unpaired) electrons. The van der Waals surface area contributed by atoms with E-state index in [0.717, 1.165) is 33.8 Å². The van der Waals surface area contributed by atoms with Gasteiger partial charge in [0.25, 0.3) is 10.0 Å². The number of anilines is 1. The molecule has 3 aromatic carbocycles. The maximum Gasteiger partial charge on any atom is 0.264 e. The third kappa shape index (κ3) is 7.93. The fourth-order valence-corrected chi connectivity index (χ4v) is 5.81. The molecule has 208 valence electrons. The van der Waals surface area contributed by atoms with E-state index < -0.39 is 28.5 Å². The van der Waals surface area contributed by atoms with Crippen LogP contribution in [0.5, 0.6) is 0 Å². The molecule has 0 aromatic heterocycles. The van der Waals surface area contributed by atoms with Gasteiger partial charge in [-0.05, 0) is 56.5 Å². The number of nitrogens with zero attached hydrogens (tertiary/aromatic N) is 2. The van der Waals surface area contributed by atoms with E-state index in [1.807, 2.05) is 52.0 Å². The molecule has 0 aliphatic carbocycles. The zero-order valence-corrected chi connectivity index (χ0v) is 24.1. The lowest BCUT2D eigenvalue weighted by Crippen LogP contribution is -2.52. The SMILES string of the molecule is CCCCNC(=O)[C@@H](CC)N(Cc1cccc(C)c1)C(=O)CN(c1ccccc1)S(=O)(=O)c1ccc(C)cc1. The van der Waals surface area contributed by atoms with Crippen molar-refractivity contribution in [3.05, 3.63) is 95.6 Å². The molecule has 1 atom stereocenters. The van der Waals surface area contributed by atoms with Gasteiger partial charge in [-0.3, -0.25) is 13.9 Å². The number of unbranched alkanes of at least 4 members (excludes halogenated alkanes) is 1. The summed E-state index contributed by atoms with van der Waals surface area (Å²) in [6, 6.07) is 22.2. The third-order valence-corrected chi connectivity index (χ3v) is 8.37. The molecule has 0 saturated carbocycles. The zero-order chi connectivity index (χ0) is 28.4. The Kier molecular flexibility index (Phi) is 10.7.